The van der Waals surface area contributed by atoms with Crippen LogP contribution in [0.15, 0.2) is 15.8 Å². The van der Waals surface area contributed by atoms with Gasteiger partial charge in [0.2, 0.25) is 0 Å². The Morgan fingerprint density at radius 3 is 2.53 bits per heavy atom. The second kappa shape index (κ2) is 6.16. The van der Waals surface area contributed by atoms with Crippen molar-refractivity contribution in [1.82, 2.24) is 14.5 Å². The molecule has 108 valence electrons. The minimum Gasteiger partial charge on any atom is -0.396 e. The van der Waals surface area contributed by atoms with Gasteiger partial charge in [-0.3, -0.25) is 9.36 Å². The normalized spacial score (nSPS) is 11.8. The maximum absolute atomic E-state index is 11.9. The minimum atomic E-state index is -0.325. The van der Waals surface area contributed by atoms with Crippen LogP contribution in [-0.2, 0) is 20.6 Å². The third-order valence-corrected chi connectivity index (χ3v) is 3.23. The quantitative estimate of drug-likeness (QED) is 0.735. The van der Waals surface area contributed by atoms with Crippen molar-refractivity contribution >= 4 is 0 Å². The summed E-state index contributed by atoms with van der Waals surface area (Å²) >= 11 is 0. The zero-order valence-corrected chi connectivity index (χ0v) is 12.1. The van der Waals surface area contributed by atoms with E-state index in [0.717, 1.165) is 4.57 Å². The zero-order chi connectivity index (χ0) is 14.6. The number of aromatic nitrogens is 2. The van der Waals surface area contributed by atoms with Gasteiger partial charge in [-0.05, 0) is 11.8 Å². The van der Waals surface area contributed by atoms with Gasteiger partial charge in [-0.15, -0.1) is 0 Å². The summed E-state index contributed by atoms with van der Waals surface area (Å²) in [6.07, 6.45) is 2.27. The first kappa shape index (κ1) is 15.7. The number of hydrogen-bond donors (Lipinski definition) is 2. The Balaban J connectivity index is 2.75. The zero-order valence-electron chi connectivity index (χ0n) is 12.1. The Bertz CT molecular complexity index is 543. The third kappa shape index (κ3) is 4.04. The molecule has 0 aliphatic carbocycles. The molecule has 1 aromatic rings. The Kier molecular flexibility index (Phi) is 5.08. The number of nitrogens with one attached hydrogen (secondary N) is 1. The summed E-state index contributed by atoms with van der Waals surface area (Å²) in [5, 5.41) is 12.1. The van der Waals surface area contributed by atoms with Gasteiger partial charge in [0.1, 0.15) is 0 Å². The summed E-state index contributed by atoms with van der Waals surface area (Å²) in [7, 11) is 3.10. The molecule has 0 aliphatic rings. The molecule has 0 aromatic carbocycles. The molecular weight excluding hydrogens is 246 g/mol. The topological polar surface area (TPSA) is 76.3 Å². The average molecular weight is 269 g/mol. The van der Waals surface area contributed by atoms with Gasteiger partial charge in [0, 0.05) is 45.6 Å². The summed E-state index contributed by atoms with van der Waals surface area (Å²) in [4.78, 5) is 23.4. The largest absolute Gasteiger partial charge is 0.396 e. The van der Waals surface area contributed by atoms with Crippen LogP contribution in [0.25, 0.3) is 0 Å². The lowest BCUT2D eigenvalue weighted by molar-refractivity contribution is 0.207. The van der Waals surface area contributed by atoms with Gasteiger partial charge in [-0.25, -0.2) is 4.79 Å². The van der Waals surface area contributed by atoms with Crippen molar-refractivity contribution < 1.29 is 5.11 Å². The number of nitrogens with zero attached hydrogens (tertiary/aromatic N) is 2. The molecule has 0 saturated heterocycles. The van der Waals surface area contributed by atoms with Crippen LogP contribution in [0.4, 0.5) is 0 Å². The molecule has 6 heteroatoms. The summed E-state index contributed by atoms with van der Waals surface area (Å²) in [6.45, 7) is 5.36. The van der Waals surface area contributed by atoms with Crippen LogP contribution in [-0.4, -0.2) is 27.4 Å². The maximum atomic E-state index is 11.9. The van der Waals surface area contributed by atoms with Crippen LogP contribution in [0.3, 0.4) is 0 Å². The summed E-state index contributed by atoms with van der Waals surface area (Å²) in [5.74, 6) is 0. The second-order valence-corrected chi connectivity index (χ2v) is 5.65. The molecular formula is C13H23N3O3. The monoisotopic (exact) mass is 269 g/mol. The first-order chi connectivity index (χ1) is 8.78. The van der Waals surface area contributed by atoms with E-state index in [1.54, 1.807) is 13.2 Å². The van der Waals surface area contributed by atoms with E-state index in [0.29, 0.717) is 25.1 Å². The molecule has 1 aromatic heterocycles. The summed E-state index contributed by atoms with van der Waals surface area (Å²) in [5.41, 5.74) is -0.0602. The van der Waals surface area contributed by atoms with E-state index in [2.05, 4.69) is 19.2 Å². The lowest BCUT2D eigenvalue weighted by atomic mass is 9.90. The molecule has 0 saturated carbocycles. The molecule has 0 radical (unpaired) electrons. The van der Waals surface area contributed by atoms with Crippen molar-refractivity contribution in [2.24, 2.45) is 19.5 Å². The number of aryl methyl sites for hydroxylation is 1. The maximum Gasteiger partial charge on any atom is 0.330 e. The number of aliphatic hydroxyl groups excluding tert-OH is 1. The minimum absolute atomic E-state index is 0.0271. The highest BCUT2D eigenvalue weighted by atomic mass is 16.3. The number of hydrogen-bond acceptors (Lipinski definition) is 4. The highest BCUT2D eigenvalue weighted by Gasteiger charge is 2.16. The molecule has 1 rings (SSSR count). The van der Waals surface area contributed by atoms with E-state index in [-0.39, 0.29) is 23.3 Å². The molecule has 0 unspecified atom stereocenters. The number of aliphatic hydroxyl groups is 1. The van der Waals surface area contributed by atoms with Crippen LogP contribution in [0.5, 0.6) is 0 Å². The molecule has 0 bridgehead atoms. The molecule has 0 aliphatic heterocycles. The fourth-order valence-electron chi connectivity index (χ4n) is 1.93. The fourth-order valence-corrected chi connectivity index (χ4v) is 1.93. The molecule has 0 fully saturated rings. The molecule has 19 heavy (non-hydrogen) atoms. The van der Waals surface area contributed by atoms with Crippen LogP contribution in [0, 0.1) is 5.41 Å². The molecule has 1 heterocycles. The Morgan fingerprint density at radius 1 is 1.32 bits per heavy atom. The lowest BCUT2D eigenvalue weighted by Crippen LogP contribution is -2.40. The number of rotatable bonds is 6. The summed E-state index contributed by atoms with van der Waals surface area (Å²) < 4.78 is 2.51. The van der Waals surface area contributed by atoms with Gasteiger partial charge in [-0.1, -0.05) is 13.8 Å². The van der Waals surface area contributed by atoms with Crippen molar-refractivity contribution in [3.8, 4) is 0 Å². The predicted molar refractivity (Wildman–Crippen MR) is 74.1 cm³/mol. The van der Waals surface area contributed by atoms with Crippen molar-refractivity contribution in [3.05, 3.63) is 32.6 Å². The van der Waals surface area contributed by atoms with Crippen molar-refractivity contribution in [2.75, 3.05) is 13.2 Å². The van der Waals surface area contributed by atoms with E-state index in [9.17, 15) is 9.59 Å². The molecule has 6 nitrogen and oxygen atoms in total. The van der Waals surface area contributed by atoms with Gasteiger partial charge in [0.25, 0.3) is 5.56 Å². The Labute approximate surface area is 112 Å². The van der Waals surface area contributed by atoms with Gasteiger partial charge in [-0.2, -0.15) is 0 Å². The van der Waals surface area contributed by atoms with Crippen molar-refractivity contribution in [3.63, 3.8) is 0 Å². The van der Waals surface area contributed by atoms with Crippen molar-refractivity contribution in [1.29, 1.82) is 0 Å². The molecule has 2 N–H and O–H groups in total. The van der Waals surface area contributed by atoms with Gasteiger partial charge < -0.3 is 15.0 Å². The van der Waals surface area contributed by atoms with Crippen LogP contribution in [0.1, 0.15) is 25.8 Å². The average Bonchev–Trinajstić information content (AvgIpc) is 2.32. The van der Waals surface area contributed by atoms with E-state index in [4.69, 9.17) is 5.11 Å². The lowest BCUT2D eigenvalue weighted by Gasteiger charge is -2.23. The summed E-state index contributed by atoms with van der Waals surface area (Å²) in [6, 6.07) is 0. The third-order valence-electron chi connectivity index (χ3n) is 3.23. The Hall–Kier alpha value is -1.40. The van der Waals surface area contributed by atoms with Gasteiger partial charge in [0.15, 0.2) is 0 Å². The van der Waals surface area contributed by atoms with E-state index in [1.165, 1.54) is 11.6 Å². The van der Waals surface area contributed by atoms with Crippen LogP contribution >= 0.6 is 0 Å². The highest BCUT2D eigenvalue weighted by molar-refractivity contribution is 5.05. The Morgan fingerprint density at radius 2 is 1.95 bits per heavy atom. The van der Waals surface area contributed by atoms with Gasteiger partial charge in [0.05, 0.1) is 0 Å². The van der Waals surface area contributed by atoms with Crippen LogP contribution in [0.2, 0.25) is 0 Å². The standard InChI is InChI=1S/C13H23N3O3/c1-13(2,5-6-17)9-14-7-10-8-15(3)12(19)16(4)11(10)18/h8,14,17H,5-7,9H2,1-4H3. The first-order valence-electron chi connectivity index (χ1n) is 6.35. The SMILES string of the molecule is Cn1cc(CNCC(C)(C)CCO)c(=O)n(C)c1=O. The fraction of sp³-hybridized carbons (Fsp3) is 0.692. The van der Waals surface area contributed by atoms with E-state index in [1.807, 2.05) is 0 Å². The predicted octanol–water partition coefficient (Wildman–Crippen LogP) is -0.418. The highest BCUT2D eigenvalue weighted by Crippen LogP contribution is 2.17. The van der Waals surface area contributed by atoms with E-state index >= 15 is 0 Å². The smallest absolute Gasteiger partial charge is 0.330 e. The molecule has 0 spiro atoms. The van der Waals surface area contributed by atoms with Crippen LogP contribution < -0.4 is 16.6 Å². The second-order valence-electron chi connectivity index (χ2n) is 5.65. The molecule has 0 amide bonds. The first-order valence-corrected chi connectivity index (χ1v) is 6.35. The van der Waals surface area contributed by atoms with Crippen molar-refractivity contribution in [2.45, 2.75) is 26.8 Å². The van der Waals surface area contributed by atoms with Gasteiger partial charge >= 0.3 is 5.69 Å². The van der Waals surface area contributed by atoms with E-state index < -0.39 is 0 Å². The molecule has 0 atom stereocenters.